The highest BCUT2D eigenvalue weighted by Crippen LogP contribution is 2.34. The molecule has 2 saturated heterocycles. The van der Waals surface area contributed by atoms with Crippen LogP contribution in [0.5, 0.6) is 0 Å². The SMILES string of the molecule is O=C1CCN(N2C(=O)c3ccc(CN4CCC(c5c[nH]c6cc(F)ccc56)CC4)cc3C2=O)C(=O)N1. The lowest BCUT2D eigenvalue weighted by molar-refractivity contribution is -0.122. The quantitative estimate of drug-likeness (QED) is 0.548. The Hall–Kier alpha value is -4.05. The van der Waals surface area contributed by atoms with Gasteiger partial charge in [-0.15, -0.1) is 0 Å². The summed E-state index contributed by atoms with van der Waals surface area (Å²) in [7, 11) is 0. The molecule has 6 rings (SSSR count). The number of piperidine rings is 1. The number of hydrazine groups is 1. The number of carbonyl (C=O) groups excluding carboxylic acids is 4. The Morgan fingerprint density at radius 2 is 1.69 bits per heavy atom. The van der Waals surface area contributed by atoms with Crippen LogP contribution < -0.4 is 5.32 Å². The van der Waals surface area contributed by atoms with Crippen LogP contribution in [-0.4, -0.2) is 63.3 Å². The Labute approximate surface area is 205 Å². The van der Waals surface area contributed by atoms with E-state index in [1.165, 1.54) is 17.7 Å². The van der Waals surface area contributed by atoms with E-state index in [-0.39, 0.29) is 29.9 Å². The number of halogens is 1. The summed E-state index contributed by atoms with van der Waals surface area (Å²) in [6.45, 7) is 2.36. The molecule has 5 amide bonds. The minimum atomic E-state index is -0.774. The molecule has 10 heteroatoms. The van der Waals surface area contributed by atoms with E-state index < -0.39 is 23.8 Å². The van der Waals surface area contributed by atoms with E-state index in [9.17, 15) is 23.6 Å². The third kappa shape index (κ3) is 3.74. The van der Waals surface area contributed by atoms with Gasteiger partial charge in [0.25, 0.3) is 11.8 Å². The number of aromatic nitrogens is 1. The van der Waals surface area contributed by atoms with Gasteiger partial charge in [0.1, 0.15) is 5.82 Å². The normalized spacial score (nSPS) is 19.4. The van der Waals surface area contributed by atoms with Crippen LogP contribution in [0.25, 0.3) is 10.9 Å². The number of hydrogen-bond donors (Lipinski definition) is 2. The van der Waals surface area contributed by atoms with Gasteiger partial charge >= 0.3 is 6.03 Å². The van der Waals surface area contributed by atoms with Crippen LogP contribution in [-0.2, 0) is 11.3 Å². The van der Waals surface area contributed by atoms with Gasteiger partial charge in [-0.3, -0.25) is 24.6 Å². The van der Waals surface area contributed by atoms with Crippen molar-refractivity contribution in [3.05, 3.63) is 70.7 Å². The number of carbonyl (C=O) groups is 4. The molecule has 3 aliphatic heterocycles. The van der Waals surface area contributed by atoms with Gasteiger partial charge in [0.2, 0.25) is 5.91 Å². The molecule has 184 valence electrons. The topological polar surface area (TPSA) is 106 Å². The van der Waals surface area contributed by atoms with E-state index in [4.69, 9.17) is 0 Å². The van der Waals surface area contributed by atoms with Crippen LogP contribution in [0.4, 0.5) is 9.18 Å². The second-order valence-electron chi connectivity index (χ2n) is 9.51. The molecule has 2 aromatic carbocycles. The van der Waals surface area contributed by atoms with Crippen LogP contribution in [0.3, 0.4) is 0 Å². The summed E-state index contributed by atoms with van der Waals surface area (Å²) < 4.78 is 13.5. The van der Waals surface area contributed by atoms with Crippen molar-refractivity contribution in [2.45, 2.75) is 31.7 Å². The number of H-pyrrole nitrogens is 1. The largest absolute Gasteiger partial charge is 0.361 e. The van der Waals surface area contributed by atoms with Crippen LogP contribution >= 0.6 is 0 Å². The molecule has 0 aliphatic carbocycles. The van der Waals surface area contributed by atoms with Gasteiger partial charge in [0.05, 0.1) is 17.7 Å². The van der Waals surface area contributed by atoms with Gasteiger partial charge in [-0.05, 0) is 73.3 Å². The van der Waals surface area contributed by atoms with Gasteiger partial charge in [-0.25, -0.2) is 14.2 Å². The zero-order chi connectivity index (χ0) is 25.0. The maximum Gasteiger partial charge on any atom is 0.343 e. The first-order valence-corrected chi connectivity index (χ1v) is 12.0. The first-order valence-electron chi connectivity index (χ1n) is 12.0. The fourth-order valence-corrected chi connectivity index (χ4v) is 5.46. The third-order valence-electron chi connectivity index (χ3n) is 7.31. The van der Waals surface area contributed by atoms with Gasteiger partial charge in [0.15, 0.2) is 0 Å². The molecule has 0 bridgehead atoms. The second-order valence-corrected chi connectivity index (χ2v) is 9.51. The molecular weight excluding hydrogens is 465 g/mol. The average Bonchev–Trinajstić information content (AvgIpc) is 3.38. The van der Waals surface area contributed by atoms with Crippen molar-refractivity contribution >= 4 is 34.7 Å². The summed E-state index contributed by atoms with van der Waals surface area (Å²) >= 11 is 0. The molecule has 2 fully saturated rings. The minimum absolute atomic E-state index is 0.0236. The maximum absolute atomic E-state index is 13.5. The van der Waals surface area contributed by atoms with Gasteiger partial charge in [0, 0.05) is 30.1 Å². The molecular formula is C26H24FN5O4. The van der Waals surface area contributed by atoms with Crippen molar-refractivity contribution in [1.29, 1.82) is 0 Å². The predicted octanol–water partition coefficient (Wildman–Crippen LogP) is 3.14. The number of aromatic amines is 1. The summed E-state index contributed by atoms with van der Waals surface area (Å²) in [5.74, 6) is -1.42. The smallest absolute Gasteiger partial charge is 0.343 e. The van der Waals surface area contributed by atoms with Crippen molar-refractivity contribution in [3.63, 3.8) is 0 Å². The Balaban J connectivity index is 1.13. The van der Waals surface area contributed by atoms with Crippen molar-refractivity contribution in [3.8, 4) is 0 Å². The highest BCUT2D eigenvalue weighted by atomic mass is 19.1. The number of imide groups is 2. The van der Waals surface area contributed by atoms with E-state index in [1.54, 1.807) is 12.1 Å². The van der Waals surface area contributed by atoms with Gasteiger partial charge in [-0.2, -0.15) is 5.01 Å². The monoisotopic (exact) mass is 489 g/mol. The first-order chi connectivity index (χ1) is 17.4. The Morgan fingerprint density at radius 3 is 2.47 bits per heavy atom. The standard InChI is InChI=1S/C26H24FN5O4/c27-17-2-4-18-21(13-28-22(18)12-17)16-5-8-30(9-6-16)14-15-1-3-19-20(11-15)25(35)32(24(19)34)31-10-7-23(33)29-26(31)36/h1-4,11-13,16,28H,5-10,14H2,(H,29,33,36). The van der Waals surface area contributed by atoms with Crippen molar-refractivity contribution in [1.82, 2.24) is 25.2 Å². The summed E-state index contributed by atoms with van der Waals surface area (Å²) in [5.41, 5.74) is 3.46. The van der Waals surface area contributed by atoms with Crippen molar-refractivity contribution in [2.24, 2.45) is 0 Å². The summed E-state index contributed by atoms with van der Waals surface area (Å²) in [6.07, 6.45) is 3.93. The number of nitrogens with one attached hydrogen (secondary N) is 2. The lowest BCUT2D eigenvalue weighted by Gasteiger charge is -2.32. The minimum Gasteiger partial charge on any atom is -0.361 e. The average molecular weight is 490 g/mol. The van der Waals surface area contributed by atoms with Crippen LogP contribution in [0.1, 0.15) is 57.0 Å². The summed E-state index contributed by atoms with van der Waals surface area (Å²) in [5, 5.41) is 5.03. The van der Waals surface area contributed by atoms with E-state index in [0.29, 0.717) is 12.5 Å². The molecule has 1 aromatic heterocycles. The number of urea groups is 1. The Morgan fingerprint density at radius 1 is 0.917 bits per heavy atom. The van der Waals surface area contributed by atoms with E-state index >= 15 is 0 Å². The highest BCUT2D eigenvalue weighted by Gasteiger charge is 2.43. The lowest BCUT2D eigenvalue weighted by Crippen LogP contribution is -2.58. The Bertz CT molecular complexity index is 1420. The number of nitrogens with zero attached hydrogens (tertiary/aromatic N) is 3. The zero-order valence-corrected chi connectivity index (χ0v) is 19.4. The summed E-state index contributed by atoms with van der Waals surface area (Å²) in [4.78, 5) is 55.0. The molecule has 0 spiro atoms. The number of rotatable bonds is 4. The van der Waals surface area contributed by atoms with Crippen LogP contribution in [0.2, 0.25) is 0 Å². The zero-order valence-electron chi connectivity index (χ0n) is 19.4. The molecule has 3 aromatic rings. The molecule has 0 unspecified atom stereocenters. The number of hydrogen-bond acceptors (Lipinski definition) is 5. The number of likely N-dealkylation sites (tertiary alicyclic amines) is 1. The molecule has 0 saturated carbocycles. The first kappa shape index (κ1) is 22.4. The fraction of sp³-hybridized carbons (Fsp3) is 0.308. The number of fused-ring (bicyclic) bond motifs is 2. The molecule has 36 heavy (non-hydrogen) atoms. The third-order valence-corrected chi connectivity index (χ3v) is 7.31. The molecule has 0 radical (unpaired) electrons. The van der Waals surface area contributed by atoms with E-state index in [2.05, 4.69) is 15.2 Å². The highest BCUT2D eigenvalue weighted by molar-refractivity contribution is 6.22. The lowest BCUT2D eigenvalue weighted by atomic mass is 9.89. The summed E-state index contributed by atoms with van der Waals surface area (Å²) in [6, 6.07) is 9.27. The second kappa shape index (κ2) is 8.56. The molecule has 9 nitrogen and oxygen atoms in total. The van der Waals surface area contributed by atoms with E-state index in [0.717, 1.165) is 52.4 Å². The van der Waals surface area contributed by atoms with Crippen LogP contribution in [0, 0.1) is 5.82 Å². The predicted molar refractivity (Wildman–Crippen MR) is 127 cm³/mol. The number of amides is 5. The van der Waals surface area contributed by atoms with Crippen LogP contribution in [0.15, 0.2) is 42.6 Å². The van der Waals surface area contributed by atoms with Gasteiger partial charge < -0.3 is 4.98 Å². The molecule has 0 atom stereocenters. The molecule has 4 heterocycles. The van der Waals surface area contributed by atoms with Crippen molar-refractivity contribution in [2.75, 3.05) is 19.6 Å². The molecule has 3 aliphatic rings. The maximum atomic E-state index is 13.5. The molecule has 2 N–H and O–H groups in total. The van der Waals surface area contributed by atoms with E-state index in [1.807, 2.05) is 18.3 Å². The van der Waals surface area contributed by atoms with Crippen molar-refractivity contribution < 1.29 is 23.6 Å². The Kier molecular flexibility index (Phi) is 5.33. The number of benzene rings is 2. The van der Waals surface area contributed by atoms with Gasteiger partial charge in [-0.1, -0.05) is 6.07 Å². The fourth-order valence-electron chi connectivity index (χ4n) is 5.46.